The van der Waals surface area contributed by atoms with Crippen LogP contribution in [-0.2, 0) is 0 Å². The molecule has 0 aliphatic heterocycles. The van der Waals surface area contributed by atoms with Gasteiger partial charge in [0.1, 0.15) is 5.84 Å². The predicted octanol–water partition coefficient (Wildman–Crippen LogP) is 5.19. The molecular weight excluding hydrogens is 268 g/mol. The number of nitrogens with two attached hydrogens (primary N) is 1. The summed E-state index contributed by atoms with van der Waals surface area (Å²) in [6.07, 6.45) is 0. The zero-order chi connectivity index (χ0) is 16.4. The molecule has 0 saturated carbocycles. The third-order valence-corrected chi connectivity index (χ3v) is 4.05. The van der Waals surface area contributed by atoms with E-state index in [1.165, 1.54) is 22.3 Å². The van der Waals surface area contributed by atoms with Gasteiger partial charge in [0, 0.05) is 5.56 Å². The molecule has 22 heavy (non-hydrogen) atoms. The van der Waals surface area contributed by atoms with Crippen LogP contribution in [0.5, 0.6) is 0 Å². The monoisotopic (exact) mass is 294 g/mol. The Labute approximate surface area is 133 Å². The molecule has 0 spiro atoms. The van der Waals surface area contributed by atoms with Crippen LogP contribution in [0.25, 0.3) is 11.1 Å². The third-order valence-electron chi connectivity index (χ3n) is 4.05. The molecule has 2 aromatic rings. The number of rotatable bonds is 4. The SMILES string of the molecule is Cc1cc(C(=N)N)cc(-c2c(C(C)C)cccc2C(C)C)c1. The molecule has 0 fully saturated rings. The summed E-state index contributed by atoms with van der Waals surface area (Å²) in [5, 5.41) is 7.75. The van der Waals surface area contributed by atoms with Crippen molar-refractivity contribution in [3.63, 3.8) is 0 Å². The van der Waals surface area contributed by atoms with E-state index in [1.54, 1.807) is 0 Å². The smallest absolute Gasteiger partial charge is 0.122 e. The summed E-state index contributed by atoms with van der Waals surface area (Å²) in [6.45, 7) is 11.0. The van der Waals surface area contributed by atoms with Gasteiger partial charge >= 0.3 is 0 Å². The highest BCUT2D eigenvalue weighted by atomic mass is 14.7. The summed E-state index contributed by atoms with van der Waals surface area (Å²) in [5.74, 6) is 1.03. The molecule has 0 amide bonds. The number of hydrogen-bond donors (Lipinski definition) is 2. The first-order valence-electron chi connectivity index (χ1n) is 7.90. The Morgan fingerprint density at radius 2 is 1.50 bits per heavy atom. The van der Waals surface area contributed by atoms with Crippen LogP contribution in [0.1, 0.15) is 61.8 Å². The molecule has 0 atom stereocenters. The van der Waals surface area contributed by atoms with Crippen LogP contribution in [0, 0.1) is 12.3 Å². The number of amidine groups is 1. The Morgan fingerprint density at radius 3 is 1.95 bits per heavy atom. The predicted molar refractivity (Wildman–Crippen MR) is 95.8 cm³/mol. The van der Waals surface area contributed by atoms with Gasteiger partial charge < -0.3 is 5.73 Å². The van der Waals surface area contributed by atoms with Gasteiger partial charge in [-0.05, 0) is 58.7 Å². The van der Waals surface area contributed by atoms with Crippen molar-refractivity contribution in [2.45, 2.75) is 46.5 Å². The maximum atomic E-state index is 7.75. The van der Waals surface area contributed by atoms with E-state index in [2.05, 4.69) is 58.9 Å². The first-order chi connectivity index (χ1) is 10.3. The quantitative estimate of drug-likeness (QED) is 0.591. The van der Waals surface area contributed by atoms with Crippen molar-refractivity contribution >= 4 is 5.84 Å². The van der Waals surface area contributed by atoms with Crippen molar-refractivity contribution < 1.29 is 0 Å². The van der Waals surface area contributed by atoms with Crippen LogP contribution < -0.4 is 5.73 Å². The number of nitrogen functional groups attached to an aromatic ring is 1. The van der Waals surface area contributed by atoms with E-state index in [0.29, 0.717) is 11.8 Å². The largest absolute Gasteiger partial charge is 0.384 e. The molecule has 0 aliphatic carbocycles. The van der Waals surface area contributed by atoms with E-state index in [-0.39, 0.29) is 5.84 Å². The highest BCUT2D eigenvalue weighted by Crippen LogP contribution is 2.36. The van der Waals surface area contributed by atoms with Gasteiger partial charge in [-0.2, -0.15) is 0 Å². The standard InChI is InChI=1S/C20H26N2/c1-12(2)17-7-6-8-18(13(3)4)19(17)15-9-14(5)10-16(11-15)20(21)22/h6-13H,1-5H3,(H3,21,22). The van der Waals surface area contributed by atoms with Crippen molar-refractivity contribution in [1.29, 1.82) is 5.41 Å². The molecule has 2 aromatic carbocycles. The molecular formula is C20H26N2. The van der Waals surface area contributed by atoms with Crippen LogP contribution in [-0.4, -0.2) is 5.84 Å². The summed E-state index contributed by atoms with van der Waals surface area (Å²) in [5.41, 5.74) is 12.8. The lowest BCUT2D eigenvalue weighted by Crippen LogP contribution is -2.11. The van der Waals surface area contributed by atoms with E-state index in [9.17, 15) is 0 Å². The number of benzene rings is 2. The number of aryl methyl sites for hydroxylation is 1. The average Bonchev–Trinajstić information content (AvgIpc) is 2.45. The fraction of sp³-hybridized carbons (Fsp3) is 0.350. The maximum Gasteiger partial charge on any atom is 0.122 e. The summed E-state index contributed by atoms with van der Waals surface area (Å²) in [4.78, 5) is 0. The minimum Gasteiger partial charge on any atom is -0.384 e. The van der Waals surface area contributed by atoms with Crippen LogP contribution in [0.2, 0.25) is 0 Å². The van der Waals surface area contributed by atoms with E-state index in [1.807, 2.05) is 12.1 Å². The molecule has 0 aliphatic rings. The van der Waals surface area contributed by atoms with E-state index >= 15 is 0 Å². The number of hydrogen-bond acceptors (Lipinski definition) is 1. The second kappa shape index (κ2) is 6.35. The first-order valence-corrected chi connectivity index (χ1v) is 7.90. The fourth-order valence-corrected chi connectivity index (χ4v) is 2.97. The molecule has 0 aromatic heterocycles. The first kappa shape index (κ1) is 16.3. The number of nitrogens with one attached hydrogen (secondary N) is 1. The van der Waals surface area contributed by atoms with Gasteiger partial charge in [-0.15, -0.1) is 0 Å². The summed E-state index contributed by atoms with van der Waals surface area (Å²) >= 11 is 0. The molecule has 2 rings (SSSR count). The molecule has 3 N–H and O–H groups in total. The second-order valence-electron chi connectivity index (χ2n) is 6.62. The van der Waals surface area contributed by atoms with Crippen LogP contribution in [0.15, 0.2) is 36.4 Å². The van der Waals surface area contributed by atoms with Crippen molar-refractivity contribution in [2.24, 2.45) is 5.73 Å². The van der Waals surface area contributed by atoms with Gasteiger partial charge in [0.25, 0.3) is 0 Å². The fourth-order valence-electron chi connectivity index (χ4n) is 2.97. The Bertz CT molecular complexity index is 671. The molecule has 116 valence electrons. The minimum absolute atomic E-state index is 0.123. The van der Waals surface area contributed by atoms with Crippen LogP contribution in [0.3, 0.4) is 0 Å². The molecule has 0 radical (unpaired) electrons. The highest BCUT2D eigenvalue weighted by molar-refractivity contribution is 5.96. The van der Waals surface area contributed by atoms with Crippen LogP contribution in [0.4, 0.5) is 0 Å². The van der Waals surface area contributed by atoms with E-state index in [0.717, 1.165) is 11.1 Å². The zero-order valence-electron chi connectivity index (χ0n) is 14.2. The van der Waals surface area contributed by atoms with Crippen molar-refractivity contribution in [3.8, 4) is 11.1 Å². The van der Waals surface area contributed by atoms with Crippen molar-refractivity contribution in [1.82, 2.24) is 0 Å². The lowest BCUT2D eigenvalue weighted by molar-refractivity contribution is 0.838. The van der Waals surface area contributed by atoms with Gasteiger partial charge in [-0.3, -0.25) is 5.41 Å². The van der Waals surface area contributed by atoms with Gasteiger partial charge in [0.05, 0.1) is 0 Å². The summed E-state index contributed by atoms with van der Waals surface area (Å²) in [6, 6.07) is 12.8. The van der Waals surface area contributed by atoms with Gasteiger partial charge in [-0.25, -0.2) is 0 Å². The normalized spacial score (nSPS) is 11.2. The van der Waals surface area contributed by atoms with Gasteiger partial charge in [0.15, 0.2) is 0 Å². The Morgan fingerprint density at radius 1 is 0.955 bits per heavy atom. The lowest BCUT2D eigenvalue weighted by Gasteiger charge is -2.21. The van der Waals surface area contributed by atoms with Gasteiger partial charge in [-0.1, -0.05) is 52.0 Å². The summed E-state index contributed by atoms with van der Waals surface area (Å²) < 4.78 is 0. The van der Waals surface area contributed by atoms with Crippen molar-refractivity contribution in [2.75, 3.05) is 0 Å². The van der Waals surface area contributed by atoms with Crippen LogP contribution >= 0.6 is 0 Å². The minimum atomic E-state index is 0.123. The third kappa shape index (κ3) is 3.22. The molecule has 0 unspecified atom stereocenters. The molecule has 2 nitrogen and oxygen atoms in total. The average molecular weight is 294 g/mol. The highest BCUT2D eigenvalue weighted by Gasteiger charge is 2.16. The van der Waals surface area contributed by atoms with Gasteiger partial charge in [0.2, 0.25) is 0 Å². The van der Waals surface area contributed by atoms with E-state index < -0.39 is 0 Å². The maximum absolute atomic E-state index is 7.75. The van der Waals surface area contributed by atoms with E-state index in [4.69, 9.17) is 11.1 Å². The molecule has 2 heteroatoms. The van der Waals surface area contributed by atoms with Crippen molar-refractivity contribution in [3.05, 3.63) is 58.7 Å². The summed E-state index contributed by atoms with van der Waals surface area (Å²) in [7, 11) is 0. The lowest BCUT2D eigenvalue weighted by atomic mass is 9.84. The Hall–Kier alpha value is -2.09. The Balaban J connectivity index is 2.78. The molecule has 0 bridgehead atoms. The second-order valence-corrected chi connectivity index (χ2v) is 6.62. The zero-order valence-corrected chi connectivity index (χ0v) is 14.2. The topological polar surface area (TPSA) is 49.9 Å². The molecule has 0 heterocycles. The molecule has 0 saturated heterocycles. The Kier molecular flexibility index (Phi) is 4.70.